The maximum atomic E-state index is 9.69. The summed E-state index contributed by atoms with van der Waals surface area (Å²) in [4.78, 5) is 0. The largest absolute Gasteiger partial charge is 0.507 e. The van der Waals surface area contributed by atoms with Gasteiger partial charge in [0.05, 0.1) is 17.4 Å². The summed E-state index contributed by atoms with van der Waals surface area (Å²) >= 11 is 3.45. The van der Waals surface area contributed by atoms with Crippen LogP contribution in [0, 0.1) is 0 Å². The summed E-state index contributed by atoms with van der Waals surface area (Å²) in [5.74, 6) is 0.259. The van der Waals surface area contributed by atoms with Gasteiger partial charge in [-0.15, -0.1) is 0 Å². The molecule has 0 aliphatic heterocycles. The van der Waals surface area contributed by atoms with Crippen LogP contribution in [0.5, 0.6) is 5.75 Å². The number of fused-ring (bicyclic) bond motifs is 1. The lowest BCUT2D eigenvalue weighted by molar-refractivity contribution is 0.481. The van der Waals surface area contributed by atoms with E-state index < -0.39 is 0 Å². The average Bonchev–Trinajstić information content (AvgIpc) is 2.54. The number of aromatic hydroxyl groups is 1. The second kappa shape index (κ2) is 4.20. The summed E-state index contributed by atoms with van der Waals surface area (Å²) < 4.78 is 2.66. The lowest BCUT2D eigenvalue weighted by Gasteiger charge is -2.01. The quantitative estimate of drug-likeness (QED) is 0.892. The van der Waals surface area contributed by atoms with Gasteiger partial charge in [0.1, 0.15) is 10.4 Å². The van der Waals surface area contributed by atoms with Gasteiger partial charge in [0, 0.05) is 6.54 Å². The van der Waals surface area contributed by atoms with E-state index in [1.54, 1.807) is 12.1 Å². The summed E-state index contributed by atoms with van der Waals surface area (Å²) in [6, 6.07) is 5.34. The van der Waals surface area contributed by atoms with E-state index in [1.165, 1.54) is 0 Å². The number of aromatic nitrogens is 2. The van der Waals surface area contributed by atoms with E-state index in [4.69, 9.17) is 0 Å². The van der Waals surface area contributed by atoms with Crippen molar-refractivity contribution in [2.24, 2.45) is 0 Å². The molecule has 0 aliphatic rings. The molecule has 0 saturated carbocycles. The maximum absolute atomic E-state index is 9.69. The molecule has 0 amide bonds. The molecule has 0 fully saturated rings. The van der Waals surface area contributed by atoms with E-state index in [2.05, 4.69) is 26.3 Å². The molecule has 1 aromatic carbocycles. The zero-order valence-electron chi connectivity index (χ0n) is 8.37. The lowest BCUT2D eigenvalue weighted by Crippen LogP contribution is -2.15. The summed E-state index contributed by atoms with van der Waals surface area (Å²) in [7, 11) is 1.90. The van der Waals surface area contributed by atoms with Crippen LogP contribution in [0.15, 0.2) is 22.8 Å². The Morgan fingerprint density at radius 1 is 1.53 bits per heavy atom. The molecule has 0 aliphatic carbocycles. The smallest absolute Gasteiger partial charge is 0.127 e. The van der Waals surface area contributed by atoms with Crippen molar-refractivity contribution in [3.63, 3.8) is 0 Å². The van der Waals surface area contributed by atoms with Crippen LogP contribution in [0.2, 0.25) is 0 Å². The average molecular weight is 270 g/mol. The van der Waals surface area contributed by atoms with Crippen molar-refractivity contribution in [3.05, 3.63) is 22.8 Å². The van der Waals surface area contributed by atoms with Crippen molar-refractivity contribution in [2.75, 3.05) is 13.6 Å². The molecule has 0 atom stereocenters. The summed E-state index contributed by atoms with van der Waals surface area (Å²) in [6.45, 7) is 1.61. The Morgan fingerprint density at radius 3 is 3.00 bits per heavy atom. The van der Waals surface area contributed by atoms with E-state index >= 15 is 0 Å². The molecule has 0 bridgehead atoms. The van der Waals surface area contributed by atoms with Crippen LogP contribution < -0.4 is 5.32 Å². The number of rotatable bonds is 3. The second-order valence-corrected chi connectivity index (χ2v) is 4.04. The van der Waals surface area contributed by atoms with Crippen LogP contribution in [0.1, 0.15) is 0 Å². The maximum Gasteiger partial charge on any atom is 0.127 e. The summed E-state index contributed by atoms with van der Waals surface area (Å²) in [5, 5.41) is 17.9. The Hall–Kier alpha value is -1.07. The van der Waals surface area contributed by atoms with Crippen LogP contribution >= 0.6 is 15.9 Å². The number of benzene rings is 1. The van der Waals surface area contributed by atoms with Crippen molar-refractivity contribution in [1.82, 2.24) is 15.1 Å². The third-order valence-corrected chi connectivity index (χ3v) is 3.06. The van der Waals surface area contributed by atoms with Crippen molar-refractivity contribution in [1.29, 1.82) is 0 Å². The first-order valence-electron chi connectivity index (χ1n) is 4.72. The first-order valence-corrected chi connectivity index (χ1v) is 5.52. The molecule has 80 valence electrons. The van der Waals surface area contributed by atoms with Crippen molar-refractivity contribution < 1.29 is 5.11 Å². The van der Waals surface area contributed by atoms with Crippen LogP contribution in [-0.2, 0) is 6.54 Å². The van der Waals surface area contributed by atoms with Crippen LogP contribution in [0.3, 0.4) is 0 Å². The van der Waals surface area contributed by atoms with Gasteiger partial charge >= 0.3 is 0 Å². The Labute approximate surface area is 96.0 Å². The van der Waals surface area contributed by atoms with Crippen molar-refractivity contribution in [3.8, 4) is 5.75 Å². The zero-order valence-corrected chi connectivity index (χ0v) is 9.95. The minimum absolute atomic E-state index is 0.259. The van der Waals surface area contributed by atoms with Crippen LogP contribution in [0.25, 0.3) is 10.9 Å². The highest BCUT2D eigenvalue weighted by Gasteiger charge is 2.11. The van der Waals surface area contributed by atoms with Crippen LogP contribution in [0.4, 0.5) is 0 Å². The fourth-order valence-corrected chi connectivity index (χ4v) is 2.15. The van der Waals surface area contributed by atoms with E-state index in [0.717, 1.165) is 28.6 Å². The second-order valence-electron chi connectivity index (χ2n) is 3.29. The number of phenols is 1. The van der Waals surface area contributed by atoms with Gasteiger partial charge in [-0.3, -0.25) is 4.68 Å². The number of nitrogens with zero attached hydrogens (tertiary/aromatic N) is 2. The fraction of sp³-hybridized carbons (Fsp3) is 0.300. The third-order valence-electron chi connectivity index (χ3n) is 2.26. The molecule has 4 nitrogen and oxygen atoms in total. The molecular weight excluding hydrogens is 258 g/mol. The van der Waals surface area contributed by atoms with E-state index in [9.17, 15) is 5.11 Å². The van der Waals surface area contributed by atoms with Gasteiger partial charge < -0.3 is 10.4 Å². The normalized spacial score (nSPS) is 11.1. The summed E-state index contributed by atoms with van der Waals surface area (Å²) in [6.07, 6.45) is 0. The Kier molecular flexibility index (Phi) is 2.93. The van der Waals surface area contributed by atoms with Gasteiger partial charge in [0.25, 0.3) is 0 Å². The number of hydrogen-bond donors (Lipinski definition) is 2. The van der Waals surface area contributed by atoms with Gasteiger partial charge in [-0.05, 0) is 35.1 Å². The van der Waals surface area contributed by atoms with Crippen molar-refractivity contribution in [2.45, 2.75) is 6.54 Å². The first-order chi connectivity index (χ1) is 7.24. The molecule has 15 heavy (non-hydrogen) atoms. The number of nitrogens with one attached hydrogen (secondary N) is 1. The first kappa shape index (κ1) is 10.4. The molecule has 0 spiro atoms. The Bertz CT molecular complexity index is 481. The minimum atomic E-state index is 0.259. The van der Waals surface area contributed by atoms with Gasteiger partial charge in [0.2, 0.25) is 0 Å². The van der Waals surface area contributed by atoms with Crippen molar-refractivity contribution >= 4 is 26.8 Å². The van der Waals surface area contributed by atoms with E-state index in [-0.39, 0.29) is 5.75 Å². The highest BCUT2D eigenvalue weighted by atomic mass is 79.9. The highest BCUT2D eigenvalue weighted by molar-refractivity contribution is 9.10. The lowest BCUT2D eigenvalue weighted by atomic mass is 10.2. The monoisotopic (exact) mass is 269 g/mol. The molecular formula is C10H12BrN3O. The highest BCUT2D eigenvalue weighted by Crippen LogP contribution is 2.31. The molecule has 0 radical (unpaired) electrons. The van der Waals surface area contributed by atoms with E-state index in [0.29, 0.717) is 0 Å². The van der Waals surface area contributed by atoms with Gasteiger partial charge in [-0.25, -0.2) is 0 Å². The third kappa shape index (κ3) is 1.85. The van der Waals surface area contributed by atoms with E-state index in [1.807, 2.05) is 17.8 Å². The molecule has 1 aromatic heterocycles. The predicted octanol–water partition coefficient (Wildman–Crippen LogP) is 1.72. The number of hydrogen-bond acceptors (Lipinski definition) is 3. The minimum Gasteiger partial charge on any atom is -0.507 e. The van der Waals surface area contributed by atoms with Gasteiger partial charge in [0.15, 0.2) is 0 Å². The molecule has 0 unspecified atom stereocenters. The van der Waals surface area contributed by atoms with Gasteiger partial charge in [-0.2, -0.15) is 5.10 Å². The molecule has 2 N–H and O–H groups in total. The molecule has 0 saturated heterocycles. The Balaban J connectivity index is 2.50. The number of halogens is 1. The SMILES string of the molecule is CNCCn1nc2cccc(O)c2c1Br. The van der Waals surface area contributed by atoms with Crippen LogP contribution in [-0.4, -0.2) is 28.5 Å². The molecule has 1 heterocycles. The standard InChI is InChI=1S/C10H12BrN3O/c1-12-5-6-14-10(11)9-7(13-14)3-2-4-8(9)15/h2-4,12,15H,5-6H2,1H3. The Morgan fingerprint density at radius 2 is 2.33 bits per heavy atom. The molecule has 2 aromatic rings. The molecule has 2 rings (SSSR count). The predicted molar refractivity (Wildman–Crippen MR) is 63.0 cm³/mol. The zero-order chi connectivity index (χ0) is 10.8. The molecule has 5 heteroatoms. The topological polar surface area (TPSA) is 50.1 Å². The summed E-state index contributed by atoms with van der Waals surface area (Å²) in [5.41, 5.74) is 0.804. The van der Waals surface area contributed by atoms with Gasteiger partial charge in [-0.1, -0.05) is 6.07 Å². The number of phenolic OH excluding ortho intramolecular Hbond substituents is 1. The fourth-order valence-electron chi connectivity index (χ4n) is 1.49. The number of likely N-dealkylation sites (N-methyl/N-ethyl adjacent to an activating group) is 1.